The zero-order valence-corrected chi connectivity index (χ0v) is 15.7. The highest BCUT2D eigenvalue weighted by Gasteiger charge is 2.17. The van der Waals surface area contributed by atoms with Crippen LogP contribution in [0.15, 0.2) is 42.5 Å². The van der Waals surface area contributed by atoms with Crippen LogP contribution in [0.2, 0.25) is 0 Å². The van der Waals surface area contributed by atoms with Crippen molar-refractivity contribution in [3.05, 3.63) is 48.0 Å². The molecule has 0 saturated carbocycles. The Morgan fingerprint density at radius 1 is 0.963 bits per heavy atom. The fourth-order valence-electron chi connectivity index (χ4n) is 2.50. The number of hydrogen-bond acceptors (Lipinski definition) is 5. The topological polar surface area (TPSA) is 84.9 Å². The minimum atomic E-state index is -0.385. The Morgan fingerprint density at radius 3 is 2.15 bits per heavy atom. The van der Waals surface area contributed by atoms with Crippen LogP contribution < -0.4 is 19.7 Å². The van der Waals surface area contributed by atoms with Gasteiger partial charge in [-0.25, -0.2) is 0 Å². The molecule has 2 aromatic carbocycles. The summed E-state index contributed by atoms with van der Waals surface area (Å²) in [5, 5.41) is 2.73. The largest absolute Gasteiger partial charge is 0.497 e. The maximum absolute atomic E-state index is 12.5. The van der Waals surface area contributed by atoms with Gasteiger partial charge in [0.05, 0.1) is 19.9 Å². The van der Waals surface area contributed by atoms with Crippen molar-refractivity contribution in [3.63, 3.8) is 0 Å². The second kappa shape index (κ2) is 8.84. The van der Waals surface area contributed by atoms with Crippen LogP contribution in [0.25, 0.3) is 0 Å². The number of nitrogens with zero attached hydrogens (tertiary/aromatic N) is 1. The van der Waals surface area contributed by atoms with Crippen LogP contribution in [0.3, 0.4) is 0 Å². The Labute approximate surface area is 157 Å². The number of methoxy groups -OCH3 is 2. The molecule has 2 amide bonds. The van der Waals surface area contributed by atoms with Crippen LogP contribution in [-0.2, 0) is 9.59 Å². The normalized spacial score (nSPS) is 10.1. The Kier molecular flexibility index (Phi) is 6.54. The van der Waals surface area contributed by atoms with E-state index in [0.717, 1.165) is 0 Å². The first-order chi connectivity index (χ1) is 12.8. The zero-order valence-electron chi connectivity index (χ0n) is 15.7. The van der Waals surface area contributed by atoms with E-state index in [9.17, 15) is 14.4 Å². The molecule has 0 atom stereocenters. The van der Waals surface area contributed by atoms with E-state index in [2.05, 4.69) is 5.32 Å². The van der Waals surface area contributed by atoms with Gasteiger partial charge < -0.3 is 19.7 Å². The van der Waals surface area contributed by atoms with Crippen molar-refractivity contribution in [1.82, 2.24) is 0 Å². The van der Waals surface area contributed by atoms with Gasteiger partial charge in [-0.3, -0.25) is 14.4 Å². The van der Waals surface area contributed by atoms with Crippen molar-refractivity contribution < 1.29 is 23.9 Å². The first-order valence-electron chi connectivity index (χ1n) is 8.26. The molecule has 0 aliphatic rings. The Balaban J connectivity index is 2.16. The number of amides is 2. The highest BCUT2D eigenvalue weighted by molar-refractivity contribution is 6.02. The summed E-state index contributed by atoms with van der Waals surface area (Å²) < 4.78 is 10.4. The number of ether oxygens (including phenoxy) is 2. The third kappa shape index (κ3) is 5.07. The summed E-state index contributed by atoms with van der Waals surface area (Å²) in [7, 11) is 3.03. The minimum absolute atomic E-state index is 0.0692. The van der Waals surface area contributed by atoms with Crippen LogP contribution >= 0.6 is 0 Å². The quantitative estimate of drug-likeness (QED) is 0.758. The molecule has 0 fully saturated rings. The third-order valence-corrected chi connectivity index (χ3v) is 3.95. The first kappa shape index (κ1) is 20.0. The fourth-order valence-corrected chi connectivity index (χ4v) is 2.50. The average Bonchev–Trinajstić information content (AvgIpc) is 2.66. The number of ketones is 1. The molecule has 0 aromatic heterocycles. The molecule has 7 heteroatoms. The van der Waals surface area contributed by atoms with Crippen molar-refractivity contribution in [2.24, 2.45) is 0 Å². The number of rotatable bonds is 7. The van der Waals surface area contributed by atoms with E-state index < -0.39 is 0 Å². The summed E-state index contributed by atoms with van der Waals surface area (Å²) in [6, 6.07) is 11.5. The van der Waals surface area contributed by atoms with Gasteiger partial charge in [0, 0.05) is 24.2 Å². The van der Waals surface area contributed by atoms with Crippen molar-refractivity contribution in [3.8, 4) is 11.5 Å². The number of carbonyl (C=O) groups excluding carboxylic acids is 3. The number of anilines is 2. The molecule has 1 N–H and O–H groups in total. The van der Waals surface area contributed by atoms with Gasteiger partial charge in [0.2, 0.25) is 11.8 Å². The predicted molar refractivity (Wildman–Crippen MR) is 103 cm³/mol. The van der Waals surface area contributed by atoms with Gasteiger partial charge in [-0.2, -0.15) is 0 Å². The van der Waals surface area contributed by atoms with Crippen molar-refractivity contribution in [1.29, 1.82) is 0 Å². The van der Waals surface area contributed by atoms with Crippen LogP contribution in [0.1, 0.15) is 24.2 Å². The van der Waals surface area contributed by atoms with E-state index in [-0.39, 0.29) is 24.1 Å². The molecule has 2 rings (SSSR count). The zero-order chi connectivity index (χ0) is 20.0. The van der Waals surface area contributed by atoms with Gasteiger partial charge in [0.25, 0.3) is 0 Å². The maximum Gasteiger partial charge on any atom is 0.244 e. The van der Waals surface area contributed by atoms with Crippen molar-refractivity contribution >= 4 is 29.0 Å². The second-order valence-corrected chi connectivity index (χ2v) is 5.82. The molecule has 0 spiro atoms. The first-order valence-corrected chi connectivity index (χ1v) is 8.26. The van der Waals surface area contributed by atoms with E-state index in [1.807, 2.05) is 0 Å². The molecule has 27 heavy (non-hydrogen) atoms. The molecule has 2 aromatic rings. The number of nitrogens with one attached hydrogen (secondary N) is 1. The van der Waals surface area contributed by atoms with Crippen molar-refractivity contribution in [2.75, 3.05) is 31.0 Å². The van der Waals surface area contributed by atoms with Gasteiger partial charge in [-0.1, -0.05) is 0 Å². The average molecular weight is 370 g/mol. The predicted octanol–water partition coefficient (Wildman–Crippen LogP) is 2.90. The van der Waals surface area contributed by atoms with Crippen LogP contribution in [-0.4, -0.2) is 38.4 Å². The summed E-state index contributed by atoms with van der Waals surface area (Å²) in [5.74, 6) is 0.302. The van der Waals surface area contributed by atoms with E-state index >= 15 is 0 Å². The highest BCUT2D eigenvalue weighted by Crippen LogP contribution is 2.29. The molecule has 7 nitrogen and oxygen atoms in total. The van der Waals surface area contributed by atoms with Crippen LogP contribution in [0.4, 0.5) is 11.4 Å². The summed E-state index contributed by atoms with van der Waals surface area (Å²) in [6.07, 6.45) is 0. The molecular weight excluding hydrogens is 348 g/mol. The van der Waals surface area contributed by atoms with E-state index in [4.69, 9.17) is 9.47 Å². The Morgan fingerprint density at radius 2 is 1.63 bits per heavy atom. The maximum atomic E-state index is 12.5. The van der Waals surface area contributed by atoms with Crippen LogP contribution in [0, 0.1) is 0 Å². The van der Waals surface area contributed by atoms with E-state index in [1.165, 1.54) is 33.0 Å². The SMILES string of the molecule is COc1ccc(NC(=O)CN(C(C)=O)c2ccc(C(C)=O)cc2)c(OC)c1. The van der Waals surface area contributed by atoms with Gasteiger partial charge in [0.1, 0.15) is 18.0 Å². The number of hydrogen-bond donors (Lipinski definition) is 1. The number of Topliss-reactive ketones (excluding diaryl/α,β-unsaturated/α-hetero) is 1. The van der Waals surface area contributed by atoms with Gasteiger partial charge >= 0.3 is 0 Å². The molecule has 0 radical (unpaired) electrons. The smallest absolute Gasteiger partial charge is 0.244 e. The summed E-state index contributed by atoms with van der Waals surface area (Å²) in [6.45, 7) is 2.66. The standard InChI is InChI=1S/C20H22N2O5/c1-13(23)15-5-7-16(8-6-15)22(14(2)24)12-20(25)21-18-10-9-17(26-3)11-19(18)27-4/h5-11H,12H2,1-4H3,(H,21,25). The lowest BCUT2D eigenvalue weighted by Crippen LogP contribution is -2.36. The van der Waals surface area contributed by atoms with E-state index in [0.29, 0.717) is 28.4 Å². The second-order valence-electron chi connectivity index (χ2n) is 5.82. The number of carbonyl (C=O) groups is 3. The van der Waals surface area contributed by atoms with Crippen LogP contribution in [0.5, 0.6) is 11.5 Å². The minimum Gasteiger partial charge on any atom is -0.497 e. The molecule has 0 aliphatic heterocycles. The third-order valence-electron chi connectivity index (χ3n) is 3.95. The van der Waals surface area contributed by atoms with Gasteiger partial charge in [-0.15, -0.1) is 0 Å². The molecule has 142 valence electrons. The van der Waals surface area contributed by atoms with Gasteiger partial charge in [0.15, 0.2) is 5.78 Å². The van der Waals surface area contributed by atoms with Gasteiger partial charge in [-0.05, 0) is 43.3 Å². The molecule has 0 unspecified atom stereocenters. The Hall–Kier alpha value is -3.35. The number of benzene rings is 2. The Bertz CT molecular complexity index is 846. The summed E-state index contributed by atoms with van der Waals surface area (Å²) >= 11 is 0. The molecule has 0 bridgehead atoms. The lowest BCUT2D eigenvalue weighted by Gasteiger charge is -2.21. The summed E-state index contributed by atoms with van der Waals surface area (Å²) in [5.41, 5.74) is 1.54. The fraction of sp³-hybridized carbons (Fsp3) is 0.250. The lowest BCUT2D eigenvalue weighted by atomic mass is 10.1. The molecule has 0 heterocycles. The van der Waals surface area contributed by atoms with E-state index in [1.54, 1.807) is 42.5 Å². The molecule has 0 aliphatic carbocycles. The monoisotopic (exact) mass is 370 g/mol. The van der Waals surface area contributed by atoms with Crippen molar-refractivity contribution in [2.45, 2.75) is 13.8 Å². The summed E-state index contributed by atoms with van der Waals surface area (Å²) in [4.78, 5) is 37.2. The lowest BCUT2D eigenvalue weighted by molar-refractivity contribution is -0.120. The molecule has 0 saturated heterocycles. The molecular formula is C20H22N2O5. The highest BCUT2D eigenvalue weighted by atomic mass is 16.5.